The van der Waals surface area contributed by atoms with E-state index in [2.05, 4.69) is 193 Å². The second-order valence-electron chi connectivity index (χ2n) is 18.4. The molecule has 1 atom stereocenters. The lowest BCUT2D eigenvalue weighted by Gasteiger charge is -2.45. The molecule has 1 unspecified atom stereocenters. The first-order valence-corrected chi connectivity index (χ1v) is 19.5. The normalized spacial score (nSPS) is 19.0. The van der Waals surface area contributed by atoms with E-state index >= 15 is 0 Å². The maximum atomic E-state index is 4.09. The van der Waals surface area contributed by atoms with Gasteiger partial charge in [0.05, 0.1) is 23.1 Å². The molecule has 270 valence electrons. The zero-order chi connectivity index (χ0) is 37.0. The highest BCUT2D eigenvalue weighted by Crippen LogP contribution is 2.56. The molecule has 0 amide bonds. The highest BCUT2D eigenvalue weighted by atomic mass is 15.4. The van der Waals surface area contributed by atoms with E-state index in [-0.39, 0.29) is 17.0 Å². The van der Waals surface area contributed by atoms with E-state index in [4.69, 9.17) is 0 Å². The number of hydrogen-bond donors (Lipinski definition) is 0. The minimum Gasteiger partial charge on any atom is -0.357 e. The number of para-hydroxylation sites is 3. The number of nitrogens with zero attached hydrogens (tertiary/aromatic N) is 3. The predicted octanol–water partition coefficient (Wildman–Crippen LogP) is 13.7. The maximum absolute atomic E-state index is 4.09. The van der Waals surface area contributed by atoms with Crippen LogP contribution in [-0.2, 0) is 0 Å². The van der Waals surface area contributed by atoms with Crippen LogP contribution in [0.2, 0.25) is 0 Å². The molecular formula is C47H67N3. The summed E-state index contributed by atoms with van der Waals surface area (Å²) in [4.78, 5) is 7.75. The van der Waals surface area contributed by atoms with Gasteiger partial charge in [-0.2, -0.15) is 0 Å². The topological polar surface area (TPSA) is 9.72 Å². The number of anilines is 3. The van der Waals surface area contributed by atoms with Crippen LogP contribution in [0.3, 0.4) is 0 Å². The fourth-order valence-corrected chi connectivity index (χ4v) is 9.18. The fourth-order valence-electron chi connectivity index (χ4n) is 9.18. The molecule has 0 bridgehead atoms. The highest BCUT2D eigenvalue weighted by molar-refractivity contribution is 5.77. The van der Waals surface area contributed by atoms with Gasteiger partial charge in [0.1, 0.15) is 0 Å². The van der Waals surface area contributed by atoms with Crippen molar-refractivity contribution in [3.05, 3.63) is 107 Å². The molecule has 2 radical (unpaired) electrons. The Morgan fingerprint density at radius 1 is 0.520 bits per heavy atom. The van der Waals surface area contributed by atoms with Gasteiger partial charge in [0.15, 0.2) is 0 Å². The van der Waals surface area contributed by atoms with Crippen LogP contribution >= 0.6 is 0 Å². The minimum absolute atomic E-state index is 0.0210. The largest absolute Gasteiger partial charge is 0.357 e. The van der Waals surface area contributed by atoms with Crippen molar-refractivity contribution in [3.63, 3.8) is 0 Å². The summed E-state index contributed by atoms with van der Waals surface area (Å²) in [5.74, 6) is 2.33. The lowest BCUT2D eigenvalue weighted by Crippen LogP contribution is -2.49. The van der Waals surface area contributed by atoms with Gasteiger partial charge in [0.25, 0.3) is 0 Å². The summed E-state index contributed by atoms with van der Waals surface area (Å²) in [6.45, 7) is 42.2. The van der Waals surface area contributed by atoms with E-state index in [1.807, 2.05) is 0 Å². The van der Waals surface area contributed by atoms with Gasteiger partial charge in [-0.3, -0.25) is 0 Å². The third kappa shape index (κ3) is 6.75. The summed E-state index contributed by atoms with van der Waals surface area (Å²) in [5, 5.41) is 0. The molecule has 0 saturated carbocycles. The van der Waals surface area contributed by atoms with Gasteiger partial charge < -0.3 is 14.7 Å². The summed E-state index contributed by atoms with van der Waals surface area (Å²) in [6, 6.07) is 21.0. The van der Waals surface area contributed by atoms with Crippen LogP contribution in [-0.4, -0.2) is 11.6 Å². The van der Waals surface area contributed by atoms with Gasteiger partial charge in [-0.1, -0.05) is 152 Å². The van der Waals surface area contributed by atoms with Crippen molar-refractivity contribution >= 4 is 17.1 Å². The van der Waals surface area contributed by atoms with E-state index in [0.717, 1.165) is 6.42 Å². The van der Waals surface area contributed by atoms with Crippen LogP contribution in [0.5, 0.6) is 0 Å². The minimum atomic E-state index is -0.0693. The monoisotopic (exact) mass is 674 g/mol. The first kappa shape index (κ1) is 38.0. The van der Waals surface area contributed by atoms with Crippen LogP contribution < -0.4 is 14.7 Å². The van der Waals surface area contributed by atoms with Crippen LogP contribution in [0, 0.1) is 12.1 Å². The molecule has 3 heteroatoms. The van der Waals surface area contributed by atoms with E-state index < -0.39 is 0 Å². The Labute approximate surface area is 307 Å². The Balaban J connectivity index is 1.89. The van der Waals surface area contributed by atoms with Crippen LogP contribution in [0.4, 0.5) is 17.1 Å². The molecule has 0 N–H and O–H groups in total. The molecule has 1 saturated heterocycles. The molecule has 0 spiro atoms. The molecule has 3 nitrogen and oxygen atoms in total. The van der Waals surface area contributed by atoms with Gasteiger partial charge in [0.2, 0.25) is 6.67 Å². The predicted molar refractivity (Wildman–Crippen MR) is 219 cm³/mol. The van der Waals surface area contributed by atoms with Gasteiger partial charge in [0, 0.05) is 17.4 Å². The van der Waals surface area contributed by atoms with Crippen molar-refractivity contribution < 1.29 is 0 Å². The van der Waals surface area contributed by atoms with Crippen LogP contribution in [0.15, 0.2) is 66.5 Å². The highest BCUT2D eigenvalue weighted by Gasteiger charge is 2.55. The zero-order valence-electron chi connectivity index (χ0n) is 34.4. The molecule has 0 aromatic heterocycles. The van der Waals surface area contributed by atoms with Gasteiger partial charge in [-0.15, -0.1) is 0 Å². The van der Waals surface area contributed by atoms with Gasteiger partial charge in [-0.05, 0) is 94.6 Å². The Morgan fingerprint density at radius 3 is 1.22 bits per heavy atom. The van der Waals surface area contributed by atoms with Crippen LogP contribution in [0.1, 0.15) is 186 Å². The van der Waals surface area contributed by atoms with E-state index in [1.165, 1.54) is 56.1 Å². The molecule has 3 aromatic carbocycles. The van der Waals surface area contributed by atoms with Crippen molar-refractivity contribution in [2.75, 3.05) is 14.7 Å². The summed E-state index contributed by atoms with van der Waals surface area (Å²) < 4.78 is 0. The lowest BCUT2D eigenvalue weighted by atomic mass is 9.79. The third-order valence-electron chi connectivity index (χ3n) is 11.3. The maximum Gasteiger partial charge on any atom is 0.218 e. The van der Waals surface area contributed by atoms with Gasteiger partial charge >= 0.3 is 0 Å². The smallest absolute Gasteiger partial charge is 0.218 e. The Kier molecular flexibility index (Phi) is 10.7. The summed E-state index contributed by atoms with van der Waals surface area (Å²) >= 11 is 0. The number of rotatable bonds is 10. The standard InChI is InChI=1S/C47H67N3/c1-29(2)35-20-17-21-36(30(3)4)42(35)48-26-41(49(28-48)43-37(31(5)6)22-18-23-38(43)32(7)8)45-46(13,14)27-47(15,16)50(45)44-39(33(9)10)24-19-25-40(44)34(11)12/h17-26,29-34,45H,27H2,1-16H3. The van der Waals surface area contributed by atoms with Crippen molar-refractivity contribution in [2.45, 2.75) is 164 Å². The van der Waals surface area contributed by atoms with Crippen molar-refractivity contribution in [2.24, 2.45) is 5.41 Å². The van der Waals surface area contributed by atoms with Crippen LogP contribution in [0.25, 0.3) is 0 Å². The van der Waals surface area contributed by atoms with E-state index in [9.17, 15) is 0 Å². The SMILES string of the molecule is CC(C)c1cccc(C(C)C)c1N1[C]N(c2c(C(C)C)cccc2C(C)C)C(C2N(c3c(C(C)C)cccc3C(C)C)C(C)(C)CC2(C)C)=C1. The molecule has 50 heavy (non-hydrogen) atoms. The number of hydrogen-bond acceptors (Lipinski definition) is 3. The summed E-state index contributed by atoms with van der Waals surface area (Å²) in [5.41, 5.74) is 13.6. The Morgan fingerprint density at radius 2 is 0.860 bits per heavy atom. The van der Waals surface area contributed by atoms with Gasteiger partial charge in [-0.25, -0.2) is 0 Å². The first-order valence-electron chi connectivity index (χ1n) is 19.5. The lowest BCUT2D eigenvalue weighted by molar-refractivity contribution is 0.336. The van der Waals surface area contributed by atoms with E-state index in [1.54, 1.807) is 0 Å². The number of benzene rings is 3. The van der Waals surface area contributed by atoms with E-state index in [0.29, 0.717) is 35.5 Å². The molecular weight excluding hydrogens is 607 g/mol. The quantitative estimate of drug-likeness (QED) is 0.212. The Bertz CT molecular complexity index is 1620. The molecule has 3 aromatic rings. The molecule has 1 fully saturated rings. The second kappa shape index (κ2) is 14.1. The van der Waals surface area contributed by atoms with Crippen molar-refractivity contribution in [3.8, 4) is 0 Å². The molecule has 0 aliphatic carbocycles. The molecule has 2 aliphatic heterocycles. The molecule has 2 heterocycles. The average molecular weight is 674 g/mol. The molecule has 5 rings (SSSR count). The third-order valence-corrected chi connectivity index (χ3v) is 11.3. The summed E-state index contributed by atoms with van der Waals surface area (Å²) in [7, 11) is 0. The Hall–Kier alpha value is -3.20. The summed E-state index contributed by atoms with van der Waals surface area (Å²) in [6.07, 6.45) is 3.56. The fraction of sp³-hybridized carbons (Fsp3) is 0.553. The second-order valence-corrected chi connectivity index (χ2v) is 18.4. The average Bonchev–Trinajstić information content (AvgIpc) is 3.53. The zero-order valence-corrected chi connectivity index (χ0v) is 34.4. The first-order chi connectivity index (χ1) is 23.3. The van der Waals surface area contributed by atoms with Crippen molar-refractivity contribution in [1.82, 2.24) is 0 Å². The molecule has 2 aliphatic rings. The van der Waals surface area contributed by atoms with Crippen molar-refractivity contribution in [1.29, 1.82) is 0 Å².